The van der Waals surface area contributed by atoms with Gasteiger partial charge in [0.15, 0.2) is 0 Å². The highest BCUT2D eigenvalue weighted by molar-refractivity contribution is 4.88. The average molecular weight is 195 g/mol. The van der Waals surface area contributed by atoms with Crippen molar-refractivity contribution in [1.29, 1.82) is 0 Å². The van der Waals surface area contributed by atoms with Crippen molar-refractivity contribution in [1.82, 2.24) is 5.32 Å². The van der Waals surface area contributed by atoms with Crippen molar-refractivity contribution < 1.29 is 0 Å². The van der Waals surface area contributed by atoms with Crippen molar-refractivity contribution in [3.63, 3.8) is 0 Å². The summed E-state index contributed by atoms with van der Waals surface area (Å²) in [6.45, 7) is 6.07. The van der Waals surface area contributed by atoms with E-state index in [1.165, 1.54) is 51.5 Å². The Kier molecular flexibility index (Phi) is 3.16. The number of piperidine rings is 1. The van der Waals surface area contributed by atoms with Gasteiger partial charge in [0, 0.05) is 6.04 Å². The normalized spacial score (nSPS) is 36.4. The molecule has 0 aromatic heterocycles. The summed E-state index contributed by atoms with van der Waals surface area (Å²) in [5.41, 5.74) is 0.736. The Bertz CT molecular complexity index is 184. The molecule has 82 valence electrons. The first-order valence-corrected chi connectivity index (χ1v) is 6.45. The van der Waals surface area contributed by atoms with E-state index in [-0.39, 0.29) is 0 Å². The first-order chi connectivity index (χ1) is 6.72. The monoisotopic (exact) mass is 195 g/mol. The van der Waals surface area contributed by atoms with Gasteiger partial charge in [0.05, 0.1) is 0 Å². The van der Waals surface area contributed by atoms with Crippen LogP contribution in [0.3, 0.4) is 0 Å². The molecular formula is C13H25N. The standard InChI is InChI=1S/C13H25N/c1-3-12-9-11(5-8-14-12)10-13(2)6-4-7-13/h11-12,14H,3-10H2,1-2H3. The molecule has 14 heavy (non-hydrogen) atoms. The zero-order valence-electron chi connectivity index (χ0n) is 9.81. The van der Waals surface area contributed by atoms with Gasteiger partial charge in [-0.2, -0.15) is 0 Å². The van der Waals surface area contributed by atoms with Crippen molar-refractivity contribution >= 4 is 0 Å². The lowest BCUT2D eigenvalue weighted by Crippen LogP contribution is -2.40. The lowest BCUT2D eigenvalue weighted by Gasteiger charge is -2.43. The fourth-order valence-electron chi connectivity index (χ4n) is 3.27. The molecule has 1 heteroatoms. The molecule has 0 aromatic rings. The van der Waals surface area contributed by atoms with Crippen LogP contribution in [0.1, 0.15) is 58.8 Å². The van der Waals surface area contributed by atoms with Gasteiger partial charge >= 0.3 is 0 Å². The van der Waals surface area contributed by atoms with Crippen molar-refractivity contribution in [3.05, 3.63) is 0 Å². The molecular weight excluding hydrogens is 170 g/mol. The summed E-state index contributed by atoms with van der Waals surface area (Å²) >= 11 is 0. The summed E-state index contributed by atoms with van der Waals surface area (Å²) in [5, 5.41) is 3.62. The second-order valence-corrected chi connectivity index (χ2v) is 5.82. The van der Waals surface area contributed by atoms with E-state index in [9.17, 15) is 0 Å². The summed E-state index contributed by atoms with van der Waals surface area (Å²) in [6.07, 6.45) is 10.1. The zero-order valence-corrected chi connectivity index (χ0v) is 9.81. The summed E-state index contributed by atoms with van der Waals surface area (Å²) in [6, 6.07) is 0.817. The van der Waals surface area contributed by atoms with Crippen molar-refractivity contribution in [3.8, 4) is 0 Å². The zero-order chi connectivity index (χ0) is 10.0. The summed E-state index contributed by atoms with van der Waals surface area (Å²) < 4.78 is 0. The molecule has 2 rings (SSSR count). The van der Waals surface area contributed by atoms with Gasteiger partial charge in [0.25, 0.3) is 0 Å². The second-order valence-electron chi connectivity index (χ2n) is 5.82. The van der Waals surface area contributed by atoms with E-state index in [1.54, 1.807) is 0 Å². The lowest BCUT2D eigenvalue weighted by atomic mass is 9.64. The molecule has 0 aromatic carbocycles. The highest BCUT2D eigenvalue weighted by Gasteiger charge is 2.35. The first-order valence-electron chi connectivity index (χ1n) is 6.45. The molecule has 1 saturated carbocycles. The molecule has 1 N–H and O–H groups in total. The minimum absolute atomic E-state index is 0.736. The molecule has 1 aliphatic heterocycles. The Hall–Kier alpha value is -0.0400. The van der Waals surface area contributed by atoms with Crippen LogP contribution in [0.25, 0.3) is 0 Å². The highest BCUT2D eigenvalue weighted by atomic mass is 14.9. The third kappa shape index (κ3) is 2.31. The van der Waals surface area contributed by atoms with Crippen LogP contribution in [-0.2, 0) is 0 Å². The van der Waals surface area contributed by atoms with Crippen molar-refractivity contribution in [2.75, 3.05) is 6.54 Å². The van der Waals surface area contributed by atoms with E-state index in [4.69, 9.17) is 0 Å². The molecule has 1 saturated heterocycles. The summed E-state index contributed by atoms with van der Waals surface area (Å²) in [7, 11) is 0. The smallest absolute Gasteiger partial charge is 0.00670 e. The molecule has 2 atom stereocenters. The van der Waals surface area contributed by atoms with Gasteiger partial charge in [-0.3, -0.25) is 0 Å². The van der Waals surface area contributed by atoms with Gasteiger partial charge in [-0.1, -0.05) is 20.3 Å². The first kappa shape index (κ1) is 10.5. The van der Waals surface area contributed by atoms with Gasteiger partial charge in [0.2, 0.25) is 0 Å². The van der Waals surface area contributed by atoms with E-state index >= 15 is 0 Å². The van der Waals surface area contributed by atoms with E-state index in [0.29, 0.717) is 0 Å². The van der Waals surface area contributed by atoms with Crippen LogP contribution in [0.4, 0.5) is 0 Å². The molecule has 1 nitrogen and oxygen atoms in total. The SMILES string of the molecule is CCC1CC(CC2(C)CCC2)CCN1. The Labute approximate surface area is 88.7 Å². The molecule has 1 aliphatic carbocycles. The third-order valence-electron chi connectivity index (χ3n) is 4.44. The number of hydrogen-bond donors (Lipinski definition) is 1. The molecule has 0 bridgehead atoms. The molecule has 2 aliphatic rings. The van der Waals surface area contributed by atoms with Crippen LogP contribution < -0.4 is 5.32 Å². The van der Waals surface area contributed by atoms with Crippen LogP contribution in [0.2, 0.25) is 0 Å². The Morgan fingerprint density at radius 3 is 2.71 bits per heavy atom. The van der Waals surface area contributed by atoms with Gasteiger partial charge in [-0.15, -0.1) is 0 Å². The third-order valence-corrected chi connectivity index (χ3v) is 4.44. The summed E-state index contributed by atoms with van der Waals surface area (Å²) in [5.74, 6) is 1.02. The van der Waals surface area contributed by atoms with Crippen molar-refractivity contribution in [2.45, 2.75) is 64.8 Å². The molecule has 2 fully saturated rings. The molecule has 2 unspecified atom stereocenters. The molecule has 0 radical (unpaired) electrons. The van der Waals surface area contributed by atoms with E-state index in [2.05, 4.69) is 19.2 Å². The van der Waals surface area contributed by atoms with Gasteiger partial charge < -0.3 is 5.32 Å². The maximum atomic E-state index is 3.62. The fraction of sp³-hybridized carbons (Fsp3) is 1.00. The quantitative estimate of drug-likeness (QED) is 0.728. The van der Waals surface area contributed by atoms with E-state index < -0.39 is 0 Å². The fourth-order valence-corrected chi connectivity index (χ4v) is 3.27. The number of rotatable bonds is 3. The van der Waals surface area contributed by atoms with Crippen LogP contribution in [0.5, 0.6) is 0 Å². The minimum Gasteiger partial charge on any atom is -0.314 e. The van der Waals surface area contributed by atoms with Gasteiger partial charge in [-0.25, -0.2) is 0 Å². The van der Waals surface area contributed by atoms with Crippen LogP contribution >= 0.6 is 0 Å². The van der Waals surface area contributed by atoms with E-state index in [0.717, 1.165) is 17.4 Å². The van der Waals surface area contributed by atoms with E-state index in [1.807, 2.05) is 0 Å². The number of hydrogen-bond acceptors (Lipinski definition) is 1. The molecule has 0 spiro atoms. The predicted octanol–water partition coefficient (Wildman–Crippen LogP) is 3.34. The Balaban J connectivity index is 1.79. The molecule has 0 amide bonds. The van der Waals surface area contributed by atoms with Crippen molar-refractivity contribution in [2.24, 2.45) is 11.3 Å². The maximum Gasteiger partial charge on any atom is 0.00670 e. The van der Waals surface area contributed by atoms with Crippen LogP contribution in [0, 0.1) is 11.3 Å². The Morgan fingerprint density at radius 2 is 2.14 bits per heavy atom. The average Bonchev–Trinajstić information content (AvgIpc) is 2.16. The van der Waals surface area contributed by atoms with Crippen LogP contribution in [-0.4, -0.2) is 12.6 Å². The largest absolute Gasteiger partial charge is 0.314 e. The number of nitrogens with one attached hydrogen (secondary N) is 1. The topological polar surface area (TPSA) is 12.0 Å². The second kappa shape index (κ2) is 4.22. The summed E-state index contributed by atoms with van der Waals surface area (Å²) in [4.78, 5) is 0. The van der Waals surface area contributed by atoms with Crippen LogP contribution in [0.15, 0.2) is 0 Å². The minimum atomic E-state index is 0.736. The maximum absolute atomic E-state index is 3.62. The Morgan fingerprint density at radius 1 is 1.36 bits per heavy atom. The molecule has 1 heterocycles. The lowest BCUT2D eigenvalue weighted by molar-refractivity contribution is 0.0986. The van der Waals surface area contributed by atoms with Gasteiger partial charge in [0.1, 0.15) is 0 Å². The predicted molar refractivity (Wildman–Crippen MR) is 61.4 cm³/mol. The highest BCUT2D eigenvalue weighted by Crippen LogP contribution is 2.46. The van der Waals surface area contributed by atoms with Gasteiger partial charge in [-0.05, 0) is 56.4 Å².